The monoisotopic (exact) mass is 484 g/mol. The molecule has 1 aliphatic rings. The molecule has 174 valence electrons. The zero-order valence-electron chi connectivity index (χ0n) is 19.1. The van der Waals surface area contributed by atoms with Crippen molar-refractivity contribution in [1.29, 1.82) is 0 Å². The molecule has 5 rings (SSSR count). The second kappa shape index (κ2) is 8.85. The van der Waals surface area contributed by atoms with Crippen molar-refractivity contribution in [3.8, 4) is 11.6 Å². The van der Waals surface area contributed by atoms with E-state index in [2.05, 4.69) is 5.10 Å². The van der Waals surface area contributed by atoms with Crippen molar-refractivity contribution < 1.29 is 19.3 Å². The van der Waals surface area contributed by atoms with Crippen LogP contribution in [0, 0.1) is 6.92 Å². The van der Waals surface area contributed by atoms with Crippen molar-refractivity contribution in [2.45, 2.75) is 20.3 Å². The zero-order valence-corrected chi connectivity index (χ0v) is 19.9. The van der Waals surface area contributed by atoms with Crippen molar-refractivity contribution in [2.24, 2.45) is 0 Å². The fraction of sp³-hybridized carbons (Fsp3) is 0.111. The van der Waals surface area contributed by atoms with E-state index in [0.717, 1.165) is 10.5 Å². The first-order valence-corrected chi connectivity index (χ1v) is 11.5. The summed E-state index contributed by atoms with van der Waals surface area (Å²) in [7, 11) is 0. The van der Waals surface area contributed by atoms with Crippen molar-refractivity contribution in [3.05, 3.63) is 101 Å². The van der Waals surface area contributed by atoms with Crippen LogP contribution in [-0.2, 0) is 16.0 Å². The van der Waals surface area contributed by atoms with E-state index in [1.54, 1.807) is 71.6 Å². The minimum Gasteiger partial charge on any atom is -0.858 e. The Hall–Kier alpha value is -4.23. The maximum atomic E-state index is 13.9. The highest BCUT2D eigenvalue weighted by atomic mass is 35.5. The van der Waals surface area contributed by atoms with Gasteiger partial charge >= 0.3 is 5.91 Å². The maximum absolute atomic E-state index is 13.9. The predicted molar refractivity (Wildman–Crippen MR) is 131 cm³/mol. The molecule has 35 heavy (non-hydrogen) atoms. The van der Waals surface area contributed by atoms with Gasteiger partial charge in [0.25, 0.3) is 11.6 Å². The van der Waals surface area contributed by atoms with Gasteiger partial charge in [-0.05, 0) is 61.2 Å². The molecule has 0 saturated carbocycles. The number of nitrogens with zero attached hydrogens (tertiary/aromatic N) is 4. The Morgan fingerprint density at radius 2 is 1.66 bits per heavy atom. The van der Waals surface area contributed by atoms with Gasteiger partial charge in [-0.1, -0.05) is 36.7 Å². The van der Waals surface area contributed by atoms with Gasteiger partial charge in [0.2, 0.25) is 0 Å². The number of pyridine rings is 1. The van der Waals surface area contributed by atoms with E-state index in [1.807, 2.05) is 26.0 Å². The first kappa shape index (κ1) is 22.6. The zero-order chi connectivity index (χ0) is 24.7. The minimum atomic E-state index is -0.561. The van der Waals surface area contributed by atoms with Gasteiger partial charge in [-0.3, -0.25) is 9.59 Å². The quantitative estimate of drug-likeness (QED) is 0.319. The molecule has 2 amide bonds. The maximum Gasteiger partial charge on any atom is 0.331 e. The molecule has 0 aliphatic carbocycles. The van der Waals surface area contributed by atoms with E-state index in [1.165, 1.54) is 4.68 Å². The topological polar surface area (TPSA) is 82.1 Å². The molecular formula is C27H21ClN4O3. The Balaban J connectivity index is 1.76. The normalized spacial score (nSPS) is 13.7. The molecule has 0 fully saturated rings. The summed E-state index contributed by atoms with van der Waals surface area (Å²) < 4.78 is 2.82. The molecule has 0 spiro atoms. The fourth-order valence-electron chi connectivity index (χ4n) is 4.23. The molecule has 3 heterocycles. The number of aromatic nitrogens is 3. The van der Waals surface area contributed by atoms with Crippen LogP contribution in [0.3, 0.4) is 0 Å². The number of aryl methyl sites for hydroxylation is 2. The molecule has 8 heteroatoms. The number of halogens is 1. The van der Waals surface area contributed by atoms with Crippen molar-refractivity contribution in [1.82, 2.24) is 9.78 Å². The molecule has 2 aromatic heterocycles. The summed E-state index contributed by atoms with van der Waals surface area (Å²) in [6.45, 7) is 3.74. The Bertz CT molecular complexity index is 1490. The Labute approximate surface area is 207 Å². The van der Waals surface area contributed by atoms with Crippen molar-refractivity contribution in [2.75, 3.05) is 4.90 Å². The Morgan fingerprint density at radius 1 is 0.943 bits per heavy atom. The lowest BCUT2D eigenvalue weighted by Crippen LogP contribution is -2.39. The highest BCUT2D eigenvalue weighted by molar-refractivity contribution is 6.53. The number of anilines is 1. The van der Waals surface area contributed by atoms with Gasteiger partial charge in [0.05, 0.1) is 17.1 Å². The van der Waals surface area contributed by atoms with Gasteiger partial charge in [-0.25, -0.2) is 9.58 Å². The lowest BCUT2D eigenvalue weighted by molar-refractivity contribution is -0.576. The largest absolute Gasteiger partial charge is 0.858 e. The van der Waals surface area contributed by atoms with Crippen LogP contribution < -0.4 is 14.6 Å². The van der Waals surface area contributed by atoms with Crippen LogP contribution in [0.15, 0.2) is 79.1 Å². The summed E-state index contributed by atoms with van der Waals surface area (Å²) >= 11 is 6.01. The number of imide groups is 1. The third-order valence-electron chi connectivity index (χ3n) is 5.86. The van der Waals surface area contributed by atoms with Gasteiger partial charge in [-0.15, -0.1) is 0 Å². The van der Waals surface area contributed by atoms with Gasteiger partial charge in [0.1, 0.15) is 5.57 Å². The number of hydrogen-bond acceptors (Lipinski definition) is 4. The summed E-state index contributed by atoms with van der Waals surface area (Å²) in [5.74, 6) is -1.54. The second-order valence-electron chi connectivity index (χ2n) is 8.16. The Morgan fingerprint density at radius 3 is 2.31 bits per heavy atom. The molecule has 1 aliphatic heterocycles. The summed E-state index contributed by atoms with van der Waals surface area (Å²) in [4.78, 5) is 28.7. The number of carbonyl (C=O) groups excluding carboxylic acids is 2. The van der Waals surface area contributed by atoms with Crippen LogP contribution >= 0.6 is 11.6 Å². The number of hydrogen-bond donors (Lipinski definition) is 0. The van der Waals surface area contributed by atoms with Crippen LogP contribution in [0.25, 0.3) is 17.0 Å². The van der Waals surface area contributed by atoms with Crippen molar-refractivity contribution >= 4 is 40.4 Å². The van der Waals surface area contributed by atoms with E-state index in [9.17, 15) is 14.7 Å². The van der Waals surface area contributed by atoms with Crippen LogP contribution in [0.1, 0.15) is 23.7 Å². The summed E-state index contributed by atoms with van der Waals surface area (Å²) in [6.07, 6.45) is 3.76. The molecule has 0 saturated heterocycles. The van der Waals surface area contributed by atoms with Gasteiger partial charge in [0, 0.05) is 22.7 Å². The van der Waals surface area contributed by atoms with Crippen LogP contribution in [0.2, 0.25) is 5.02 Å². The first-order chi connectivity index (χ1) is 16.9. The molecule has 0 unspecified atom stereocenters. The third-order valence-corrected chi connectivity index (χ3v) is 6.12. The number of carbonyl (C=O) groups is 2. The highest BCUT2D eigenvalue weighted by Gasteiger charge is 2.47. The molecule has 0 N–H and O–H groups in total. The third kappa shape index (κ3) is 3.80. The highest BCUT2D eigenvalue weighted by Crippen LogP contribution is 2.39. The summed E-state index contributed by atoms with van der Waals surface area (Å²) in [6, 6.07) is 19.2. The standard InChI is InChI=1S/C27H21ClN4O3/c1-3-21-22(26(34)32(29-21)19-12-10-18(28)11-13-19)23-24(30-14-5-4-6-15-30)27(35)31(25(23)33)20-9-7-8-17(2)16-20/h4-16H,3H2,1-2H3. The first-order valence-electron chi connectivity index (χ1n) is 11.1. The number of benzene rings is 2. The summed E-state index contributed by atoms with van der Waals surface area (Å²) in [5, 5.41) is 18.7. The lowest BCUT2D eigenvalue weighted by atomic mass is 10.0. The molecule has 2 aromatic carbocycles. The van der Waals surface area contributed by atoms with Crippen LogP contribution in [0.4, 0.5) is 5.69 Å². The molecular weight excluding hydrogens is 464 g/mol. The lowest BCUT2D eigenvalue weighted by Gasteiger charge is -2.16. The van der Waals surface area contributed by atoms with Crippen molar-refractivity contribution in [3.63, 3.8) is 0 Å². The molecule has 0 atom stereocenters. The molecule has 0 radical (unpaired) electrons. The van der Waals surface area contributed by atoms with Gasteiger partial charge in [-0.2, -0.15) is 9.67 Å². The van der Waals surface area contributed by atoms with E-state index in [4.69, 9.17) is 11.6 Å². The van der Waals surface area contributed by atoms with E-state index in [-0.39, 0.29) is 16.8 Å². The number of rotatable bonds is 5. The molecule has 7 nitrogen and oxygen atoms in total. The average Bonchev–Trinajstić information content (AvgIpc) is 3.32. The average molecular weight is 485 g/mol. The van der Waals surface area contributed by atoms with E-state index < -0.39 is 17.7 Å². The predicted octanol–water partition coefficient (Wildman–Crippen LogP) is 3.70. The van der Waals surface area contributed by atoms with Gasteiger partial charge < -0.3 is 5.11 Å². The van der Waals surface area contributed by atoms with E-state index in [0.29, 0.717) is 28.5 Å². The Kier molecular flexibility index (Phi) is 5.70. The summed E-state index contributed by atoms with van der Waals surface area (Å²) in [5.41, 5.74) is 2.57. The number of amides is 2. The minimum absolute atomic E-state index is 0.0368. The SMILES string of the molecule is CCc1nn(-c2ccc(Cl)cc2)c([O-])c1C1=C([n+]2ccccc2)C(=O)N(c2cccc(C)c2)C1=O. The van der Waals surface area contributed by atoms with E-state index >= 15 is 0 Å². The van der Waals surface area contributed by atoms with Crippen LogP contribution in [-0.4, -0.2) is 21.6 Å². The second-order valence-corrected chi connectivity index (χ2v) is 8.60. The smallest absolute Gasteiger partial charge is 0.331 e. The van der Waals surface area contributed by atoms with Crippen LogP contribution in [0.5, 0.6) is 5.88 Å². The fourth-order valence-corrected chi connectivity index (χ4v) is 4.36. The molecule has 4 aromatic rings. The van der Waals surface area contributed by atoms with Gasteiger partial charge in [0.15, 0.2) is 12.4 Å². The molecule has 0 bridgehead atoms.